The number of benzene rings is 1. The quantitative estimate of drug-likeness (QED) is 0.786. The smallest absolute Gasteiger partial charge is 0.328 e. The fourth-order valence-electron chi connectivity index (χ4n) is 1.50. The number of hydrogen-bond acceptors (Lipinski definition) is 5. The van der Waals surface area contributed by atoms with Gasteiger partial charge in [0.25, 0.3) is 0 Å². The van der Waals surface area contributed by atoms with E-state index in [1.807, 2.05) is 6.07 Å². The Morgan fingerprint density at radius 1 is 1.28 bits per heavy atom. The number of hydrogen-bond donors (Lipinski definition) is 1. The van der Waals surface area contributed by atoms with Crippen LogP contribution in [-0.2, 0) is 9.53 Å². The van der Waals surface area contributed by atoms with Gasteiger partial charge in [0, 0.05) is 11.8 Å². The maximum Gasteiger partial charge on any atom is 0.328 e. The Labute approximate surface area is 107 Å². The third kappa shape index (κ3) is 3.55. The van der Waals surface area contributed by atoms with Crippen molar-refractivity contribution in [3.63, 3.8) is 0 Å². The zero-order valence-electron chi connectivity index (χ0n) is 11.1. The van der Waals surface area contributed by atoms with Crippen molar-refractivity contribution in [2.45, 2.75) is 19.9 Å². The number of carbonyl (C=O) groups excluding carboxylic acids is 1. The number of anilines is 1. The molecule has 0 aliphatic rings. The first-order valence-corrected chi connectivity index (χ1v) is 5.77. The summed E-state index contributed by atoms with van der Waals surface area (Å²) in [6.07, 6.45) is 0. The maximum absolute atomic E-state index is 11.5. The zero-order chi connectivity index (χ0) is 13.5. The van der Waals surface area contributed by atoms with E-state index in [1.165, 1.54) is 0 Å². The first-order chi connectivity index (χ1) is 8.62. The van der Waals surface area contributed by atoms with E-state index < -0.39 is 6.04 Å². The Bertz CT molecular complexity index is 406. The Morgan fingerprint density at radius 3 is 2.50 bits per heavy atom. The summed E-state index contributed by atoms with van der Waals surface area (Å²) in [6, 6.07) is 4.95. The lowest BCUT2D eigenvalue weighted by Crippen LogP contribution is -2.28. The van der Waals surface area contributed by atoms with Crippen LogP contribution in [0.2, 0.25) is 0 Å². The summed E-state index contributed by atoms with van der Waals surface area (Å²) in [6.45, 7) is 3.90. The zero-order valence-corrected chi connectivity index (χ0v) is 11.1. The SMILES string of the molecule is CCOC(=O)C(C)Nc1ccc(OC)c(OC)c1. The molecule has 0 heterocycles. The van der Waals surface area contributed by atoms with Gasteiger partial charge >= 0.3 is 5.97 Å². The van der Waals surface area contributed by atoms with Crippen molar-refractivity contribution in [2.24, 2.45) is 0 Å². The lowest BCUT2D eigenvalue weighted by atomic mass is 10.2. The average molecular weight is 253 g/mol. The van der Waals surface area contributed by atoms with Gasteiger partial charge in [-0.05, 0) is 26.0 Å². The summed E-state index contributed by atoms with van der Waals surface area (Å²) in [5.74, 6) is 0.970. The lowest BCUT2D eigenvalue weighted by molar-refractivity contribution is -0.143. The fraction of sp³-hybridized carbons (Fsp3) is 0.462. The van der Waals surface area contributed by atoms with Gasteiger partial charge in [-0.25, -0.2) is 4.79 Å². The fourth-order valence-corrected chi connectivity index (χ4v) is 1.50. The van der Waals surface area contributed by atoms with E-state index in [9.17, 15) is 4.79 Å². The summed E-state index contributed by atoms with van der Waals surface area (Å²) < 4.78 is 15.2. The lowest BCUT2D eigenvalue weighted by Gasteiger charge is -2.15. The van der Waals surface area contributed by atoms with Crippen LogP contribution in [0.1, 0.15) is 13.8 Å². The van der Waals surface area contributed by atoms with E-state index in [2.05, 4.69) is 5.32 Å². The van der Waals surface area contributed by atoms with Gasteiger partial charge in [0.15, 0.2) is 11.5 Å². The number of rotatable bonds is 6. The number of methoxy groups -OCH3 is 2. The maximum atomic E-state index is 11.5. The molecule has 0 saturated carbocycles. The molecular formula is C13H19NO4. The van der Waals surface area contributed by atoms with E-state index >= 15 is 0 Å². The van der Waals surface area contributed by atoms with Gasteiger partial charge < -0.3 is 19.5 Å². The second kappa shape index (κ2) is 6.74. The van der Waals surface area contributed by atoms with E-state index in [0.29, 0.717) is 18.1 Å². The minimum absolute atomic E-state index is 0.285. The molecule has 0 saturated heterocycles. The van der Waals surface area contributed by atoms with Gasteiger partial charge in [-0.15, -0.1) is 0 Å². The van der Waals surface area contributed by atoms with Crippen LogP contribution in [0.15, 0.2) is 18.2 Å². The first-order valence-electron chi connectivity index (χ1n) is 5.77. The van der Waals surface area contributed by atoms with Gasteiger partial charge in [0.2, 0.25) is 0 Å². The van der Waals surface area contributed by atoms with E-state index in [4.69, 9.17) is 14.2 Å². The Hall–Kier alpha value is -1.91. The van der Waals surface area contributed by atoms with Gasteiger partial charge in [0.05, 0.1) is 20.8 Å². The third-order valence-corrected chi connectivity index (χ3v) is 2.41. The van der Waals surface area contributed by atoms with Crippen molar-refractivity contribution in [1.29, 1.82) is 0 Å². The Kier molecular flexibility index (Phi) is 5.30. The van der Waals surface area contributed by atoms with Gasteiger partial charge in [-0.1, -0.05) is 0 Å². The second-order valence-electron chi connectivity index (χ2n) is 3.69. The van der Waals surface area contributed by atoms with Crippen LogP contribution >= 0.6 is 0 Å². The summed E-state index contributed by atoms with van der Waals surface area (Å²) >= 11 is 0. The highest BCUT2D eigenvalue weighted by atomic mass is 16.5. The molecule has 0 fully saturated rings. The molecule has 0 radical (unpaired) electrons. The van der Waals surface area contributed by atoms with Crippen molar-refractivity contribution >= 4 is 11.7 Å². The molecule has 100 valence electrons. The summed E-state index contributed by atoms with van der Waals surface area (Å²) in [4.78, 5) is 11.5. The molecule has 1 N–H and O–H groups in total. The van der Waals surface area contributed by atoms with Crippen LogP contribution in [0.4, 0.5) is 5.69 Å². The van der Waals surface area contributed by atoms with E-state index in [-0.39, 0.29) is 5.97 Å². The molecule has 0 aromatic heterocycles. The highest BCUT2D eigenvalue weighted by molar-refractivity contribution is 5.79. The number of ether oxygens (including phenoxy) is 3. The van der Waals surface area contributed by atoms with Gasteiger partial charge in [-0.3, -0.25) is 0 Å². The predicted molar refractivity (Wildman–Crippen MR) is 69.3 cm³/mol. The molecule has 1 rings (SSSR count). The normalized spacial score (nSPS) is 11.6. The van der Waals surface area contributed by atoms with E-state index in [1.54, 1.807) is 40.2 Å². The van der Waals surface area contributed by atoms with Crippen molar-refractivity contribution in [2.75, 3.05) is 26.1 Å². The van der Waals surface area contributed by atoms with Crippen molar-refractivity contribution in [3.05, 3.63) is 18.2 Å². The number of nitrogens with one attached hydrogen (secondary N) is 1. The first kappa shape index (κ1) is 14.2. The largest absolute Gasteiger partial charge is 0.493 e. The summed E-state index contributed by atoms with van der Waals surface area (Å²) in [5, 5.41) is 3.04. The van der Waals surface area contributed by atoms with Crippen LogP contribution in [0.5, 0.6) is 11.5 Å². The standard InChI is InChI=1S/C13H19NO4/c1-5-18-13(15)9(2)14-10-6-7-11(16-3)12(8-10)17-4/h6-9,14H,5H2,1-4H3. The Morgan fingerprint density at radius 2 is 1.94 bits per heavy atom. The summed E-state index contributed by atoms with van der Waals surface area (Å²) in [7, 11) is 3.14. The molecule has 0 bridgehead atoms. The summed E-state index contributed by atoms with van der Waals surface area (Å²) in [5.41, 5.74) is 0.771. The van der Waals surface area contributed by atoms with Crippen LogP contribution in [0.25, 0.3) is 0 Å². The molecule has 0 aliphatic heterocycles. The molecule has 18 heavy (non-hydrogen) atoms. The molecule has 5 nitrogen and oxygen atoms in total. The number of carbonyl (C=O) groups is 1. The van der Waals surface area contributed by atoms with Gasteiger partial charge in [0.1, 0.15) is 6.04 Å². The van der Waals surface area contributed by atoms with Crippen LogP contribution in [-0.4, -0.2) is 32.8 Å². The molecule has 1 aromatic rings. The minimum Gasteiger partial charge on any atom is -0.493 e. The molecule has 1 unspecified atom stereocenters. The van der Waals surface area contributed by atoms with Crippen molar-refractivity contribution < 1.29 is 19.0 Å². The molecule has 5 heteroatoms. The highest BCUT2D eigenvalue weighted by Gasteiger charge is 2.14. The van der Waals surface area contributed by atoms with Crippen molar-refractivity contribution in [1.82, 2.24) is 0 Å². The molecule has 1 atom stereocenters. The Balaban J connectivity index is 2.76. The van der Waals surface area contributed by atoms with Crippen LogP contribution in [0.3, 0.4) is 0 Å². The molecule has 0 spiro atoms. The topological polar surface area (TPSA) is 56.8 Å². The van der Waals surface area contributed by atoms with Crippen molar-refractivity contribution in [3.8, 4) is 11.5 Å². The monoisotopic (exact) mass is 253 g/mol. The minimum atomic E-state index is -0.414. The molecule has 1 aromatic carbocycles. The molecular weight excluding hydrogens is 234 g/mol. The van der Waals surface area contributed by atoms with Gasteiger partial charge in [-0.2, -0.15) is 0 Å². The average Bonchev–Trinajstić information content (AvgIpc) is 2.38. The molecule has 0 aliphatic carbocycles. The van der Waals surface area contributed by atoms with E-state index in [0.717, 1.165) is 5.69 Å². The highest BCUT2D eigenvalue weighted by Crippen LogP contribution is 2.29. The number of esters is 1. The molecule has 0 amide bonds. The van der Waals surface area contributed by atoms with Crippen LogP contribution < -0.4 is 14.8 Å². The second-order valence-corrected chi connectivity index (χ2v) is 3.69. The third-order valence-electron chi connectivity index (χ3n) is 2.41. The predicted octanol–water partition coefficient (Wildman–Crippen LogP) is 2.07. The van der Waals surface area contributed by atoms with Crippen LogP contribution in [0, 0.1) is 0 Å².